The molecule has 9 heteroatoms. The first-order valence-electron chi connectivity index (χ1n) is 11.2. The lowest BCUT2D eigenvalue weighted by Gasteiger charge is -2.28. The van der Waals surface area contributed by atoms with Gasteiger partial charge in [0.2, 0.25) is 0 Å². The number of halogens is 1. The Bertz CT molecular complexity index is 1200. The summed E-state index contributed by atoms with van der Waals surface area (Å²) in [5.41, 5.74) is 3.13. The lowest BCUT2D eigenvalue weighted by molar-refractivity contribution is 0.122. The summed E-state index contributed by atoms with van der Waals surface area (Å²) in [5.74, 6) is 0.883. The molecule has 0 amide bonds. The van der Waals surface area contributed by atoms with E-state index in [0.29, 0.717) is 28.0 Å². The van der Waals surface area contributed by atoms with Crippen molar-refractivity contribution in [1.29, 1.82) is 0 Å². The molecule has 1 fully saturated rings. The monoisotopic (exact) mass is 481 g/mol. The normalized spacial score (nSPS) is 13.7. The van der Waals surface area contributed by atoms with Crippen molar-refractivity contribution in [2.45, 2.75) is 19.9 Å². The van der Waals surface area contributed by atoms with Gasteiger partial charge in [0.25, 0.3) is 5.56 Å². The highest BCUT2D eigenvalue weighted by atomic mass is 35.5. The first-order chi connectivity index (χ1) is 16.5. The second kappa shape index (κ2) is 10.7. The molecule has 3 heterocycles. The number of nitrogens with one attached hydrogen (secondary N) is 1. The molecule has 1 aliphatic rings. The van der Waals surface area contributed by atoms with Crippen LogP contribution in [-0.4, -0.2) is 49.3 Å². The minimum absolute atomic E-state index is 0.0863. The molecule has 2 aromatic heterocycles. The van der Waals surface area contributed by atoms with Crippen LogP contribution >= 0.6 is 11.6 Å². The van der Waals surface area contributed by atoms with Crippen LogP contribution in [0.2, 0.25) is 5.02 Å². The number of aromatic nitrogens is 2. The molecule has 0 unspecified atom stereocenters. The van der Waals surface area contributed by atoms with Crippen molar-refractivity contribution in [2.24, 2.45) is 4.99 Å². The van der Waals surface area contributed by atoms with E-state index in [9.17, 15) is 4.79 Å². The Hall–Kier alpha value is -3.36. The molecular formula is C25H28ClN5O3. The Kier molecular flexibility index (Phi) is 7.49. The number of anilines is 2. The van der Waals surface area contributed by atoms with Crippen molar-refractivity contribution in [1.82, 2.24) is 9.55 Å². The largest absolute Gasteiger partial charge is 0.473 e. The highest BCUT2D eigenvalue weighted by Gasteiger charge is 2.14. The van der Waals surface area contributed by atoms with Gasteiger partial charge in [-0.3, -0.25) is 4.79 Å². The van der Waals surface area contributed by atoms with Gasteiger partial charge in [-0.05, 0) is 44.8 Å². The molecule has 0 bridgehead atoms. The third kappa shape index (κ3) is 5.40. The van der Waals surface area contributed by atoms with E-state index in [1.807, 2.05) is 26.0 Å². The van der Waals surface area contributed by atoms with Gasteiger partial charge in [-0.2, -0.15) is 0 Å². The molecule has 0 saturated carbocycles. The van der Waals surface area contributed by atoms with E-state index in [1.54, 1.807) is 22.9 Å². The van der Waals surface area contributed by atoms with Crippen molar-refractivity contribution in [3.63, 3.8) is 0 Å². The summed E-state index contributed by atoms with van der Waals surface area (Å²) in [4.78, 5) is 23.1. The highest BCUT2D eigenvalue weighted by Crippen LogP contribution is 2.34. The number of benzene rings is 1. The van der Waals surface area contributed by atoms with E-state index in [2.05, 4.69) is 39.0 Å². The summed E-state index contributed by atoms with van der Waals surface area (Å²) >= 11 is 6.57. The van der Waals surface area contributed by atoms with Crippen LogP contribution in [0, 0.1) is 0 Å². The van der Waals surface area contributed by atoms with Crippen LogP contribution in [0.15, 0.2) is 58.4 Å². The number of hydrogen-bond acceptors (Lipinski definition) is 7. The molecule has 0 aliphatic carbocycles. The first-order valence-corrected chi connectivity index (χ1v) is 11.5. The van der Waals surface area contributed by atoms with E-state index in [-0.39, 0.29) is 18.3 Å². The van der Waals surface area contributed by atoms with Crippen molar-refractivity contribution in [2.75, 3.05) is 43.3 Å². The fourth-order valence-electron chi connectivity index (χ4n) is 3.77. The van der Waals surface area contributed by atoms with Gasteiger partial charge in [0.15, 0.2) is 12.5 Å². The number of rotatable bonds is 8. The maximum Gasteiger partial charge on any atom is 0.254 e. The van der Waals surface area contributed by atoms with Gasteiger partial charge in [-0.25, -0.2) is 9.98 Å². The molecule has 178 valence electrons. The van der Waals surface area contributed by atoms with E-state index in [1.165, 1.54) is 6.07 Å². The summed E-state index contributed by atoms with van der Waals surface area (Å²) in [6, 6.07) is 13.2. The molecule has 3 aromatic rings. The Labute approximate surface area is 203 Å². The lowest BCUT2D eigenvalue weighted by Crippen LogP contribution is -2.36. The maximum absolute atomic E-state index is 12.1. The molecule has 8 nitrogen and oxygen atoms in total. The zero-order chi connectivity index (χ0) is 24.1. The quantitative estimate of drug-likeness (QED) is 0.369. The predicted octanol–water partition coefficient (Wildman–Crippen LogP) is 4.76. The third-order valence-corrected chi connectivity index (χ3v) is 5.89. The molecular weight excluding hydrogens is 454 g/mol. The van der Waals surface area contributed by atoms with Gasteiger partial charge in [0.1, 0.15) is 5.75 Å². The van der Waals surface area contributed by atoms with Crippen LogP contribution in [0.25, 0.3) is 11.3 Å². The van der Waals surface area contributed by atoms with Crippen molar-refractivity contribution in [3.8, 4) is 17.0 Å². The summed E-state index contributed by atoms with van der Waals surface area (Å²) in [5, 5.41) is 3.59. The van der Waals surface area contributed by atoms with Crippen LogP contribution in [0.1, 0.15) is 19.9 Å². The molecule has 4 rings (SSSR count). The number of morpholine rings is 1. The van der Waals surface area contributed by atoms with Crippen LogP contribution in [0.4, 0.5) is 17.2 Å². The van der Waals surface area contributed by atoms with E-state index in [0.717, 1.165) is 37.6 Å². The fourth-order valence-corrected chi connectivity index (χ4v) is 4.03. The zero-order valence-electron chi connectivity index (χ0n) is 19.3. The molecule has 0 radical (unpaired) electrons. The molecule has 1 N–H and O–H groups in total. The summed E-state index contributed by atoms with van der Waals surface area (Å²) in [6.45, 7) is 10.9. The molecule has 1 saturated heterocycles. The first kappa shape index (κ1) is 23.8. The van der Waals surface area contributed by atoms with Gasteiger partial charge < -0.3 is 24.3 Å². The number of pyridine rings is 2. The SMILES string of the molecule is C=Nc1nc(-c2ccc(N3CCOCC3)cc2)c(Cl)cc1NCOc1ccn(C(C)C)c(=O)c1. The van der Waals surface area contributed by atoms with Gasteiger partial charge in [-0.1, -0.05) is 23.7 Å². The van der Waals surface area contributed by atoms with Gasteiger partial charge in [-0.15, -0.1) is 0 Å². The maximum atomic E-state index is 12.1. The Morgan fingerprint density at radius 2 is 1.94 bits per heavy atom. The van der Waals surface area contributed by atoms with Crippen LogP contribution in [0.3, 0.4) is 0 Å². The number of aliphatic imine (C=N–C) groups is 1. The van der Waals surface area contributed by atoms with E-state index >= 15 is 0 Å². The number of nitrogens with zero attached hydrogens (tertiary/aromatic N) is 4. The smallest absolute Gasteiger partial charge is 0.254 e. The highest BCUT2D eigenvalue weighted by molar-refractivity contribution is 6.33. The average molecular weight is 482 g/mol. The molecule has 1 aromatic carbocycles. The zero-order valence-corrected chi connectivity index (χ0v) is 20.1. The predicted molar refractivity (Wildman–Crippen MR) is 137 cm³/mol. The van der Waals surface area contributed by atoms with Crippen LogP contribution in [-0.2, 0) is 4.74 Å². The van der Waals surface area contributed by atoms with Crippen LogP contribution < -0.4 is 20.5 Å². The molecule has 0 spiro atoms. The van der Waals surface area contributed by atoms with Gasteiger partial charge in [0.05, 0.1) is 29.6 Å². The van der Waals surface area contributed by atoms with Crippen LogP contribution in [0.5, 0.6) is 5.75 Å². The number of hydrogen-bond donors (Lipinski definition) is 1. The molecule has 0 atom stereocenters. The topological polar surface area (TPSA) is 81.0 Å². The second-order valence-electron chi connectivity index (χ2n) is 8.16. The van der Waals surface area contributed by atoms with Crippen molar-refractivity contribution < 1.29 is 9.47 Å². The summed E-state index contributed by atoms with van der Waals surface area (Å²) in [6.07, 6.45) is 1.72. The minimum atomic E-state index is -0.116. The summed E-state index contributed by atoms with van der Waals surface area (Å²) in [7, 11) is 0. The average Bonchev–Trinajstić information content (AvgIpc) is 2.85. The lowest BCUT2D eigenvalue weighted by atomic mass is 10.1. The molecule has 34 heavy (non-hydrogen) atoms. The Morgan fingerprint density at radius 3 is 2.59 bits per heavy atom. The molecule has 1 aliphatic heterocycles. The van der Waals surface area contributed by atoms with Crippen molar-refractivity contribution in [3.05, 3.63) is 64.0 Å². The fraction of sp³-hybridized carbons (Fsp3) is 0.320. The Morgan fingerprint density at radius 1 is 1.21 bits per heavy atom. The van der Waals surface area contributed by atoms with Gasteiger partial charge in [0, 0.05) is 42.6 Å². The van der Waals surface area contributed by atoms with Gasteiger partial charge >= 0.3 is 0 Å². The Balaban J connectivity index is 1.46. The van der Waals surface area contributed by atoms with Crippen molar-refractivity contribution >= 4 is 35.5 Å². The second-order valence-corrected chi connectivity index (χ2v) is 8.57. The minimum Gasteiger partial charge on any atom is -0.473 e. The van der Waals surface area contributed by atoms with E-state index < -0.39 is 0 Å². The van der Waals surface area contributed by atoms with E-state index in [4.69, 9.17) is 21.1 Å². The number of ether oxygens (including phenoxy) is 2. The standard InChI is InChI=1S/C25H28ClN5O3/c1-17(2)31-9-8-20(14-23(31)32)34-16-28-22-15-21(26)24(29-25(22)27-3)18-4-6-19(7-5-18)30-10-12-33-13-11-30/h4-9,14-15,17,28H,3,10-13,16H2,1-2H3. The summed E-state index contributed by atoms with van der Waals surface area (Å²) < 4.78 is 12.7. The third-order valence-electron chi connectivity index (χ3n) is 5.60.